The maximum atomic E-state index is 13.3. The van der Waals surface area contributed by atoms with E-state index >= 15 is 0 Å². The van der Waals surface area contributed by atoms with Crippen molar-refractivity contribution in [3.63, 3.8) is 0 Å². The lowest BCUT2D eigenvalue weighted by Crippen LogP contribution is -2.21. The Bertz CT molecular complexity index is 1000. The largest absolute Gasteiger partial charge is 0.452 e. The summed E-state index contributed by atoms with van der Waals surface area (Å²) in [5.41, 5.74) is 2.76. The van der Waals surface area contributed by atoms with Crippen LogP contribution in [0.1, 0.15) is 21.6 Å². The summed E-state index contributed by atoms with van der Waals surface area (Å²) in [5, 5.41) is 3.19. The van der Waals surface area contributed by atoms with Gasteiger partial charge in [0.05, 0.1) is 11.1 Å². The Balaban J connectivity index is 1.71. The number of halogens is 1. The average molecular weight is 352 g/mol. The minimum atomic E-state index is -0.613. The molecule has 0 aliphatic rings. The highest BCUT2D eigenvalue weighted by Crippen LogP contribution is 2.19. The van der Waals surface area contributed by atoms with Crippen LogP contribution in [0.25, 0.3) is 10.9 Å². The zero-order chi connectivity index (χ0) is 18.7. The van der Waals surface area contributed by atoms with E-state index in [1.165, 1.54) is 12.1 Å². The number of rotatable bonds is 4. The fraction of sp³-hybridized carbons (Fsp3) is 0.150. The van der Waals surface area contributed by atoms with Crippen LogP contribution in [-0.4, -0.2) is 23.5 Å². The van der Waals surface area contributed by atoms with Gasteiger partial charge in [-0.1, -0.05) is 24.3 Å². The monoisotopic (exact) mass is 352 g/mol. The minimum Gasteiger partial charge on any atom is -0.452 e. The third-order valence-corrected chi connectivity index (χ3v) is 3.87. The Hall–Kier alpha value is -3.28. The predicted molar refractivity (Wildman–Crippen MR) is 96.5 cm³/mol. The number of hydrogen-bond donors (Lipinski definition) is 1. The van der Waals surface area contributed by atoms with Crippen LogP contribution in [0.15, 0.2) is 48.5 Å². The number of anilines is 1. The van der Waals surface area contributed by atoms with Gasteiger partial charge < -0.3 is 10.1 Å². The fourth-order valence-electron chi connectivity index (χ4n) is 2.60. The Morgan fingerprint density at radius 1 is 1.12 bits per heavy atom. The van der Waals surface area contributed by atoms with Crippen molar-refractivity contribution in [2.75, 3.05) is 11.9 Å². The van der Waals surface area contributed by atoms with Gasteiger partial charge in [0.25, 0.3) is 5.91 Å². The molecule has 0 unspecified atom stereocenters. The number of carbonyl (C=O) groups excluding carboxylic acids is 2. The van der Waals surface area contributed by atoms with Crippen molar-refractivity contribution in [1.29, 1.82) is 0 Å². The van der Waals surface area contributed by atoms with Crippen molar-refractivity contribution in [3.05, 3.63) is 71.2 Å². The molecule has 1 heterocycles. The van der Waals surface area contributed by atoms with Gasteiger partial charge in [0.1, 0.15) is 5.82 Å². The summed E-state index contributed by atoms with van der Waals surface area (Å²) in [5.74, 6) is -1.61. The summed E-state index contributed by atoms with van der Waals surface area (Å²) in [6.45, 7) is 3.06. The summed E-state index contributed by atoms with van der Waals surface area (Å²) in [6.07, 6.45) is 0. The molecule has 0 aliphatic heterocycles. The smallest absolute Gasteiger partial charge is 0.339 e. The van der Waals surface area contributed by atoms with Gasteiger partial charge in [-0.15, -0.1) is 0 Å². The quantitative estimate of drug-likeness (QED) is 0.726. The first-order valence-electron chi connectivity index (χ1n) is 8.03. The summed E-state index contributed by atoms with van der Waals surface area (Å²) < 4.78 is 18.4. The topological polar surface area (TPSA) is 68.3 Å². The SMILES string of the molecule is Cc1cc(C(=O)OCC(=O)Nc2cc(F)ccc2C)c2ccccc2n1. The van der Waals surface area contributed by atoms with Crippen LogP contribution >= 0.6 is 0 Å². The van der Waals surface area contributed by atoms with E-state index in [0.29, 0.717) is 33.4 Å². The number of nitrogens with zero attached hydrogens (tertiary/aromatic N) is 1. The van der Waals surface area contributed by atoms with Crippen molar-refractivity contribution in [1.82, 2.24) is 4.98 Å². The van der Waals surface area contributed by atoms with Crippen LogP contribution in [0.4, 0.5) is 10.1 Å². The second-order valence-electron chi connectivity index (χ2n) is 5.91. The maximum Gasteiger partial charge on any atom is 0.339 e. The highest BCUT2D eigenvalue weighted by Gasteiger charge is 2.15. The lowest BCUT2D eigenvalue weighted by atomic mass is 10.1. The molecule has 0 aliphatic carbocycles. The summed E-state index contributed by atoms with van der Waals surface area (Å²) >= 11 is 0. The van der Waals surface area contributed by atoms with Crippen molar-refractivity contribution >= 4 is 28.5 Å². The molecule has 0 saturated heterocycles. The molecule has 0 saturated carbocycles. The zero-order valence-electron chi connectivity index (χ0n) is 14.4. The minimum absolute atomic E-state index is 0.344. The number of ether oxygens (including phenoxy) is 1. The molecule has 1 amide bonds. The van der Waals surface area contributed by atoms with Crippen molar-refractivity contribution in [2.24, 2.45) is 0 Å². The molecule has 132 valence electrons. The van der Waals surface area contributed by atoms with E-state index in [1.54, 1.807) is 44.2 Å². The molecular formula is C20H17FN2O3. The molecule has 0 bridgehead atoms. The first kappa shape index (κ1) is 17.5. The van der Waals surface area contributed by atoms with Gasteiger partial charge >= 0.3 is 5.97 Å². The van der Waals surface area contributed by atoms with Gasteiger partial charge in [0, 0.05) is 16.8 Å². The number of pyridine rings is 1. The number of amides is 1. The van der Waals surface area contributed by atoms with E-state index in [2.05, 4.69) is 10.3 Å². The Morgan fingerprint density at radius 2 is 1.88 bits per heavy atom. The normalized spacial score (nSPS) is 10.6. The van der Waals surface area contributed by atoms with Gasteiger partial charge in [-0.2, -0.15) is 0 Å². The van der Waals surface area contributed by atoms with Crippen LogP contribution < -0.4 is 5.32 Å². The van der Waals surface area contributed by atoms with Gasteiger partial charge in [-0.25, -0.2) is 9.18 Å². The lowest BCUT2D eigenvalue weighted by Gasteiger charge is -2.10. The number of para-hydroxylation sites is 1. The van der Waals surface area contributed by atoms with Crippen LogP contribution in [0.2, 0.25) is 0 Å². The number of aryl methyl sites for hydroxylation is 2. The first-order valence-corrected chi connectivity index (χ1v) is 8.03. The molecule has 0 spiro atoms. The van der Waals surface area contributed by atoms with E-state index in [4.69, 9.17) is 4.74 Å². The number of aromatic nitrogens is 1. The van der Waals surface area contributed by atoms with Crippen molar-refractivity contribution in [3.8, 4) is 0 Å². The number of fused-ring (bicyclic) bond motifs is 1. The van der Waals surface area contributed by atoms with Crippen LogP contribution in [0.5, 0.6) is 0 Å². The van der Waals surface area contributed by atoms with Crippen LogP contribution in [-0.2, 0) is 9.53 Å². The summed E-state index contributed by atoms with van der Waals surface area (Å²) in [6, 6.07) is 12.9. The summed E-state index contributed by atoms with van der Waals surface area (Å²) in [7, 11) is 0. The van der Waals surface area contributed by atoms with E-state index in [0.717, 1.165) is 0 Å². The van der Waals surface area contributed by atoms with E-state index in [-0.39, 0.29) is 0 Å². The molecule has 3 aromatic rings. The Labute approximate surface area is 149 Å². The van der Waals surface area contributed by atoms with E-state index in [9.17, 15) is 14.0 Å². The number of nitrogens with one attached hydrogen (secondary N) is 1. The van der Waals surface area contributed by atoms with Crippen molar-refractivity contribution in [2.45, 2.75) is 13.8 Å². The first-order chi connectivity index (χ1) is 12.4. The molecule has 3 rings (SSSR count). The van der Waals surface area contributed by atoms with Crippen LogP contribution in [0, 0.1) is 19.7 Å². The summed E-state index contributed by atoms with van der Waals surface area (Å²) in [4.78, 5) is 28.8. The number of benzene rings is 2. The number of hydrogen-bond acceptors (Lipinski definition) is 4. The van der Waals surface area contributed by atoms with Gasteiger partial charge in [-0.05, 0) is 43.7 Å². The van der Waals surface area contributed by atoms with Crippen LogP contribution in [0.3, 0.4) is 0 Å². The van der Waals surface area contributed by atoms with Gasteiger partial charge in [-0.3, -0.25) is 9.78 Å². The lowest BCUT2D eigenvalue weighted by molar-refractivity contribution is -0.119. The highest BCUT2D eigenvalue weighted by molar-refractivity contribution is 6.04. The fourth-order valence-corrected chi connectivity index (χ4v) is 2.60. The zero-order valence-corrected chi connectivity index (χ0v) is 14.4. The molecule has 0 radical (unpaired) electrons. The second kappa shape index (κ2) is 7.31. The van der Waals surface area contributed by atoms with E-state index in [1.807, 2.05) is 6.07 Å². The average Bonchev–Trinajstić information content (AvgIpc) is 2.62. The Morgan fingerprint density at radius 3 is 2.69 bits per heavy atom. The third kappa shape index (κ3) is 3.85. The third-order valence-electron chi connectivity index (χ3n) is 3.87. The molecule has 6 heteroatoms. The standard InChI is InChI=1S/C20H17FN2O3/c1-12-7-8-14(21)10-18(12)23-19(24)11-26-20(25)16-9-13(2)22-17-6-4-3-5-15(16)17/h3-10H,11H2,1-2H3,(H,23,24). The van der Waals surface area contributed by atoms with E-state index < -0.39 is 24.3 Å². The number of carbonyl (C=O) groups is 2. The molecule has 26 heavy (non-hydrogen) atoms. The molecule has 5 nitrogen and oxygen atoms in total. The van der Waals surface area contributed by atoms with Gasteiger partial charge in [0.2, 0.25) is 0 Å². The molecule has 0 fully saturated rings. The van der Waals surface area contributed by atoms with Gasteiger partial charge in [0.15, 0.2) is 6.61 Å². The predicted octanol–water partition coefficient (Wildman–Crippen LogP) is 3.79. The molecule has 1 aromatic heterocycles. The maximum absolute atomic E-state index is 13.3. The molecule has 0 atom stereocenters. The Kier molecular flexibility index (Phi) is 4.93. The van der Waals surface area contributed by atoms with Crippen molar-refractivity contribution < 1.29 is 18.7 Å². The molecule has 2 aromatic carbocycles. The highest BCUT2D eigenvalue weighted by atomic mass is 19.1. The molecular weight excluding hydrogens is 335 g/mol. The second-order valence-corrected chi connectivity index (χ2v) is 5.91. The molecule has 1 N–H and O–H groups in total. The number of esters is 1.